The molecule has 0 radical (unpaired) electrons. The summed E-state index contributed by atoms with van der Waals surface area (Å²) in [6.07, 6.45) is -10.1. The van der Waals surface area contributed by atoms with Gasteiger partial charge < -0.3 is 49.4 Å². The lowest BCUT2D eigenvalue weighted by molar-refractivity contribution is -0.323. The van der Waals surface area contributed by atoms with Crippen molar-refractivity contribution in [2.75, 3.05) is 6.61 Å². The third-order valence-corrected chi connectivity index (χ3v) is 7.97. The van der Waals surface area contributed by atoms with E-state index in [0.717, 1.165) is 0 Å². The van der Waals surface area contributed by atoms with Crippen molar-refractivity contribution in [1.82, 2.24) is 5.32 Å². The second-order valence-electron chi connectivity index (χ2n) is 12.4. The Morgan fingerprint density at radius 1 is 0.949 bits per heavy atom. The molecule has 3 aliphatic rings. The molecule has 0 aromatic rings. The minimum atomic E-state index is -1.65. The maximum absolute atomic E-state index is 16.2. The lowest BCUT2D eigenvalue weighted by atomic mass is 9.77. The number of aliphatic hydroxyl groups is 4. The lowest BCUT2D eigenvalue weighted by Crippen LogP contribution is -2.61. The first-order chi connectivity index (χ1) is 18.2. The molecule has 11 nitrogen and oxygen atoms in total. The van der Waals surface area contributed by atoms with Crippen LogP contribution < -0.4 is 5.32 Å². The van der Waals surface area contributed by atoms with E-state index in [2.05, 4.69) is 5.32 Å². The Hall–Kier alpha value is -1.12. The third-order valence-electron chi connectivity index (χ3n) is 7.97. The minimum Gasteiger partial charge on any atom is -0.444 e. The average Bonchev–Trinajstić information content (AvgIpc) is 2.84. The molecule has 2 heterocycles. The van der Waals surface area contributed by atoms with Crippen LogP contribution in [0.2, 0.25) is 0 Å². The molecule has 14 atom stereocenters. The predicted octanol–water partition coefficient (Wildman–Crippen LogP) is 1.63. The standard InChI is InChI=1S/C27H48FNO10/c1-8-17-16(31)10-15(29-26(34)39-27(5,6)7)24(35-17)37-22-12(2)9-13(3)23(19(22)28)38-25-21(33)14(4)20(32)18(11-30)36-25/h12-25,30-33H,8-11H2,1-7H3,(H,29,34). The number of carbonyl (C=O) groups is 1. The van der Waals surface area contributed by atoms with Crippen molar-refractivity contribution in [2.24, 2.45) is 17.8 Å². The number of rotatable bonds is 7. The van der Waals surface area contributed by atoms with Gasteiger partial charge in [0.15, 0.2) is 18.8 Å². The van der Waals surface area contributed by atoms with Gasteiger partial charge in [-0.15, -0.1) is 0 Å². The number of hydrogen-bond acceptors (Lipinski definition) is 10. The van der Waals surface area contributed by atoms with Gasteiger partial charge in [-0.25, -0.2) is 9.18 Å². The quantitative estimate of drug-likeness (QED) is 0.307. The molecule has 0 spiro atoms. The van der Waals surface area contributed by atoms with Crippen molar-refractivity contribution in [3.05, 3.63) is 0 Å². The van der Waals surface area contributed by atoms with Gasteiger partial charge in [0.25, 0.3) is 0 Å². The molecule has 14 unspecified atom stereocenters. The molecule has 1 amide bonds. The number of aliphatic hydroxyl groups excluding tert-OH is 4. The fraction of sp³-hybridized carbons (Fsp3) is 0.963. The van der Waals surface area contributed by atoms with Crippen molar-refractivity contribution in [1.29, 1.82) is 0 Å². The molecule has 3 fully saturated rings. The molecule has 0 bridgehead atoms. The highest BCUT2D eigenvalue weighted by molar-refractivity contribution is 5.68. The molecule has 2 saturated heterocycles. The number of ether oxygens (including phenoxy) is 5. The van der Waals surface area contributed by atoms with Crippen LogP contribution in [0.1, 0.15) is 67.7 Å². The lowest BCUT2D eigenvalue weighted by Gasteiger charge is -2.47. The van der Waals surface area contributed by atoms with Crippen LogP contribution in [0.3, 0.4) is 0 Å². The maximum Gasteiger partial charge on any atom is 0.408 e. The summed E-state index contributed by atoms with van der Waals surface area (Å²) in [6, 6.07) is -0.785. The highest BCUT2D eigenvalue weighted by Gasteiger charge is 2.50. The number of alkyl carbamates (subject to hydrolysis) is 1. The molecule has 1 saturated carbocycles. The van der Waals surface area contributed by atoms with Gasteiger partial charge in [-0.05, 0) is 45.4 Å². The van der Waals surface area contributed by atoms with Crippen molar-refractivity contribution in [3.63, 3.8) is 0 Å². The molecule has 228 valence electrons. The Kier molecular flexibility index (Phi) is 11.0. The second kappa shape index (κ2) is 13.2. The second-order valence-corrected chi connectivity index (χ2v) is 12.4. The smallest absolute Gasteiger partial charge is 0.408 e. The van der Waals surface area contributed by atoms with Crippen LogP contribution in [-0.4, -0.2) is 106 Å². The Labute approximate surface area is 230 Å². The van der Waals surface area contributed by atoms with Gasteiger partial charge in [-0.2, -0.15) is 0 Å². The summed E-state index contributed by atoms with van der Waals surface area (Å²) >= 11 is 0. The minimum absolute atomic E-state index is 0.141. The molecule has 0 aromatic carbocycles. The number of carbonyl (C=O) groups excluding carboxylic acids is 1. The first kappa shape index (κ1) is 32.4. The van der Waals surface area contributed by atoms with E-state index < -0.39 is 91.7 Å². The van der Waals surface area contributed by atoms with E-state index in [1.807, 2.05) is 20.8 Å². The Bertz CT molecular complexity index is 797. The van der Waals surface area contributed by atoms with Crippen molar-refractivity contribution in [2.45, 2.75) is 141 Å². The van der Waals surface area contributed by atoms with Crippen molar-refractivity contribution in [3.8, 4) is 0 Å². The number of amides is 1. The van der Waals surface area contributed by atoms with Gasteiger partial charge in [0.1, 0.15) is 17.8 Å². The van der Waals surface area contributed by atoms with E-state index in [0.29, 0.717) is 12.8 Å². The fourth-order valence-electron chi connectivity index (χ4n) is 5.74. The van der Waals surface area contributed by atoms with E-state index in [-0.39, 0.29) is 18.3 Å². The molecular weight excluding hydrogens is 517 g/mol. The molecule has 1 aliphatic carbocycles. The van der Waals surface area contributed by atoms with Crippen LogP contribution in [0.15, 0.2) is 0 Å². The highest BCUT2D eigenvalue weighted by atomic mass is 19.1. The molecule has 39 heavy (non-hydrogen) atoms. The fourth-order valence-corrected chi connectivity index (χ4v) is 5.74. The molecule has 3 rings (SSSR count). The summed E-state index contributed by atoms with van der Waals surface area (Å²) in [5.41, 5.74) is -0.739. The zero-order valence-electron chi connectivity index (χ0n) is 24.0. The van der Waals surface area contributed by atoms with Gasteiger partial charge in [-0.1, -0.05) is 27.7 Å². The van der Waals surface area contributed by atoms with Crippen LogP contribution >= 0.6 is 0 Å². The monoisotopic (exact) mass is 565 g/mol. The van der Waals surface area contributed by atoms with E-state index >= 15 is 4.39 Å². The van der Waals surface area contributed by atoms with Gasteiger partial charge >= 0.3 is 6.09 Å². The SMILES string of the molecule is CCC1OC(OC2C(C)CC(C)C(OC3OC(CO)C(O)C(C)C3O)C2F)C(NC(=O)OC(C)(C)C)CC1O. The summed E-state index contributed by atoms with van der Waals surface area (Å²) in [5, 5.41) is 43.7. The van der Waals surface area contributed by atoms with Gasteiger partial charge in [0, 0.05) is 12.3 Å². The number of nitrogens with one attached hydrogen (secondary N) is 1. The topological polar surface area (TPSA) is 156 Å². The largest absolute Gasteiger partial charge is 0.444 e. The van der Waals surface area contributed by atoms with Gasteiger partial charge in [0.05, 0.1) is 43.2 Å². The van der Waals surface area contributed by atoms with Crippen molar-refractivity contribution < 1.29 is 53.3 Å². The molecule has 12 heteroatoms. The summed E-state index contributed by atoms with van der Waals surface area (Å²) in [5.74, 6) is -1.15. The molecule has 0 aromatic heterocycles. The van der Waals surface area contributed by atoms with Crippen molar-refractivity contribution >= 4 is 6.09 Å². The maximum atomic E-state index is 16.2. The Morgan fingerprint density at radius 3 is 2.05 bits per heavy atom. The van der Waals surface area contributed by atoms with Crippen LogP contribution in [0.25, 0.3) is 0 Å². The first-order valence-electron chi connectivity index (χ1n) is 14.1. The zero-order valence-corrected chi connectivity index (χ0v) is 24.0. The van der Waals surface area contributed by atoms with Crippen LogP contribution in [-0.2, 0) is 23.7 Å². The van der Waals surface area contributed by atoms with Gasteiger partial charge in [0.2, 0.25) is 0 Å². The van der Waals surface area contributed by atoms with Gasteiger partial charge in [-0.3, -0.25) is 0 Å². The van der Waals surface area contributed by atoms with Crippen LogP contribution in [0, 0.1) is 17.8 Å². The van der Waals surface area contributed by atoms with E-state index in [4.69, 9.17) is 23.7 Å². The third kappa shape index (κ3) is 7.79. The van der Waals surface area contributed by atoms with Crippen LogP contribution in [0.4, 0.5) is 9.18 Å². The Balaban J connectivity index is 1.76. The summed E-state index contributed by atoms with van der Waals surface area (Å²) in [4.78, 5) is 12.5. The Morgan fingerprint density at radius 2 is 1.51 bits per heavy atom. The molecule has 2 aliphatic heterocycles. The first-order valence-corrected chi connectivity index (χ1v) is 14.1. The predicted molar refractivity (Wildman–Crippen MR) is 137 cm³/mol. The summed E-state index contributed by atoms with van der Waals surface area (Å²) < 4.78 is 45.3. The van der Waals surface area contributed by atoms with Crippen LogP contribution in [0.5, 0.6) is 0 Å². The van der Waals surface area contributed by atoms with E-state index in [1.54, 1.807) is 27.7 Å². The normalized spacial score (nSPS) is 45.5. The zero-order chi connectivity index (χ0) is 29.2. The van der Waals surface area contributed by atoms with E-state index in [9.17, 15) is 25.2 Å². The average molecular weight is 566 g/mol. The number of alkyl halides is 1. The number of hydrogen-bond donors (Lipinski definition) is 5. The summed E-state index contributed by atoms with van der Waals surface area (Å²) in [6.45, 7) is 11.9. The highest BCUT2D eigenvalue weighted by Crippen LogP contribution is 2.39. The molecule has 5 N–H and O–H groups in total. The summed E-state index contributed by atoms with van der Waals surface area (Å²) in [7, 11) is 0. The molecular formula is C27H48FNO10. The number of halogens is 1. The van der Waals surface area contributed by atoms with E-state index in [1.165, 1.54) is 0 Å².